The van der Waals surface area contributed by atoms with Crippen LogP contribution in [0.15, 0.2) is 54.6 Å². The largest absolute Gasteiger partial charge is 0.457 e. The first-order valence-electron chi connectivity index (χ1n) is 6.41. The highest BCUT2D eigenvalue weighted by molar-refractivity contribution is 5.90. The Morgan fingerprint density at radius 2 is 1.63 bits per heavy atom. The lowest BCUT2D eigenvalue weighted by Gasteiger charge is -2.07. The van der Waals surface area contributed by atoms with Crippen LogP contribution >= 0.6 is 0 Å². The third-order valence-electron chi connectivity index (χ3n) is 2.59. The van der Waals surface area contributed by atoms with Gasteiger partial charge < -0.3 is 10.1 Å². The van der Waals surface area contributed by atoms with Crippen molar-refractivity contribution in [3.05, 3.63) is 54.6 Å². The lowest BCUT2D eigenvalue weighted by molar-refractivity contribution is -0.116. The van der Waals surface area contributed by atoms with Gasteiger partial charge in [0.05, 0.1) is 0 Å². The predicted molar refractivity (Wildman–Crippen MR) is 76.5 cm³/mol. The highest BCUT2D eigenvalue weighted by atomic mass is 16.5. The summed E-state index contributed by atoms with van der Waals surface area (Å²) in [6.45, 7) is 1.98. The van der Waals surface area contributed by atoms with E-state index in [1.165, 1.54) is 0 Å². The van der Waals surface area contributed by atoms with E-state index in [1.54, 1.807) is 0 Å². The Hall–Kier alpha value is -2.29. The summed E-state index contributed by atoms with van der Waals surface area (Å²) in [6, 6.07) is 17.0. The smallest absolute Gasteiger partial charge is 0.224 e. The molecule has 2 rings (SSSR count). The minimum Gasteiger partial charge on any atom is -0.457 e. The summed E-state index contributed by atoms with van der Waals surface area (Å²) in [5.41, 5.74) is 0.791. The molecule has 0 aliphatic heterocycles. The Labute approximate surface area is 113 Å². The van der Waals surface area contributed by atoms with Gasteiger partial charge in [0.1, 0.15) is 11.5 Å². The number of nitrogens with one attached hydrogen (secondary N) is 1. The van der Waals surface area contributed by atoms with Crippen molar-refractivity contribution in [1.82, 2.24) is 0 Å². The number of benzene rings is 2. The number of anilines is 1. The van der Waals surface area contributed by atoms with Gasteiger partial charge in [-0.15, -0.1) is 0 Å². The van der Waals surface area contributed by atoms with E-state index in [1.807, 2.05) is 61.5 Å². The van der Waals surface area contributed by atoms with Crippen molar-refractivity contribution in [2.45, 2.75) is 19.8 Å². The zero-order valence-electron chi connectivity index (χ0n) is 10.9. The fourth-order valence-electron chi connectivity index (χ4n) is 1.68. The number of para-hydroxylation sites is 1. The maximum atomic E-state index is 11.4. The molecule has 0 saturated carbocycles. The summed E-state index contributed by atoms with van der Waals surface area (Å²) in [4.78, 5) is 11.4. The van der Waals surface area contributed by atoms with E-state index in [9.17, 15) is 4.79 Å². The first-order chi connectivity index (χ1) is 9.28. The molecular formula is C16H17NO2. The Balaban J connectivity index is 1.97. The van der Waals surface area contributed by atoms with Crippen LogP contribution in [0.5, 0.6) is 11.5 Å². The lowest BCUT2D eigenvalue weighted by atomic mass is 10.2. The normalized spacial score (nSPS) is 9.95. The SMILES string of the molecule is CCCC(=O)Nc1ccc(Oc2ccccc2)cc1. The van der Waals surface area contributed by atoms with Crippen LogP contribution in [0.4, 0.5) is 5.69 Å². The van der Waals surface area contributed by atoms with Gasteiger partial charge in [0.25, 0.3) is 0 Å². The molecule has 0 aliphatic carbocycles. The van der Waals surface area contributed by atoms with Crippen LogP contribution in [0.3, 0.4) is 0 Å². The molecule has 98 valence electrons. The molecule has 0 heterocycles. The van der Waals surface area contributed by atoms with Gasteiger partial charge in [0, 0.05) is 12.1 Å². The van der Waals surface area contributed by atoms with Gasteiger partial charge >= 0.3 is 0 Å². The van der Waals surface area contributed by atoms with Gasteiger partial charge in [-0.1, -0.05) is 25.1 Å². The summed E-state index contributed by atoms with van der Waals surface area (Å²) in [6.07, 6.45) is 1.39. The first kappa shape index (κ1) is 13.1. The van der Waals surface area contributed by atoms with Gasteiger partial charge in [-0.2, -0.15) is 0 Å². The molecule has 0 radical (unpaired) electrons. The van der Waals surface area contributed by atoms with Gasteiger partial charge in [0.2, 0.25) is 5.91 Å². The topological polar surface area (TPSA) is 38.3 Å². The van der Waals surface area contributed by atoms with Crippen LogP contribution in [0.25, 0.3) is 0 Å². The average molecular weight is 255 g/mol. The van der Waals surface area contributed by atoms with Gasteiger partial charge in [-0.3, -0.25) is 4.79 Å². The second-order valence-corrected chi connectivity index (χ2v) is 4.24. The van der Waals surface area contributed by atoms with Gasteiger partial charge in [0.15, 0.2) is 0 Å². The molecule has 0 atom stereocenters. The van der Waals surface area contributed by atoms with Crippen molar-refractivity contribution in [2.75, 3.05) is 5.32 Å². The maximum absolute atomic E-state index is 11.4. The van der Waals surface area contributed by atoms with E-state index in [4.69, 9.17) is 4.74 Å². The zero-order chi connectivity index (χ0) is 13.5. The molecule has 1 amide bonds. The van der Waals surface area contributed by atoms with Crippen LogP contribution in [0.1, 0.15) is 19.8 Å². The van der Waals surface area contributed by atoms with E-state index >= 15 is 0 Å². The fraction of sp³-hybridized carbons (Fsp3) is 0.188. The standard InChI is InChI=1S/C16H17NO2/c1-2-6-16(18)17-13-9-11-15(12-10-13)19-14-7-4-3-5-8-14/h3-5,7-12H,2,6H2,1H3,(H,17,18). The van der Waals surface area contributed by atoms with Crippen molar-refractivity contribution < 1.29 is 9.53 Å². The quantitative estimate of drug-likeness (QED) is 0.868. The molecule has 0 unspecified atom stereocenters. The fourth-order valence-corrected chi connectivity index (χ4v) is 1.68. The number of amides is 1. The molecule has 0 spiro atoms. The van der Waals surface area contributed by atoms with Crippen LogP contribution in [-0.4, -0.2) is 5.91 Å². The molecule has 0 aliphatic rings. The average Bonchev–Trinajstić information content (AvgIpc) is 2.42. The van der Waals surface area contributed by atoms with E-state index in [2.05, 4.69) is 5.32 Å². The Morgan fingerprint density at radius 3 is 2.26 bits per heavy atom. The second kappa shape index (κ2) is 6.59. The number of ether oxygens (including phenoxy) is 1. The molecule has 0 aromatic heterocycles. The maximum Gasteiger partial charge on any atom is 0.224 e. The summed E-state index contributed by atoms with van der Waals surface area (Å²) < 4.78 is 5.67. The third-order valence-corrected chi connectivity index (χ3v) is 2.59. The zero-order valence-corrected chi connectivity index (χ0v) is 10.9. The van der Waals surface area contributed by atoms with Crippen molar-refractivity contribution in [3.63, 3.8) is 0 Å². The molecular weight excluding hydrogens is 238 g/mol. The van der Waals surface area contributed by atoms with Crippen molar-refractivity contribution in [1.29, 1.82) is 0 Å². The highest BCUT2D eigenvalue weighted by Gasteiger charge is 2.01. The Kier molecular flexibility index (Phi) is 4.56. The summed E-state index contributed by atoms with van der Waals surface area (Å²) >= 11 is 0. The Morgan fingerprint density at radius 1 is 1.00 bits per heavy atom. The highest BCUT2D eigenvalue weighted by Crippen LogP contribution is 2.22. The Bertz CT molecular complexity index is 520. The molecule has 0 saturated heterocycles. The van der Waals surface area contributed by atoms with Gasteiger partial charge in [-0.25, -0.2) is 0 Å². The number of carbonyl (C=O) groups is 1. The monoisotopic (exact) mass is 255 g/mol. The predicted octanol–water partition coefficient (Wildman–Crippen LogP) is 4.22. The van der Waals surface area contributed by atoms with Crippen LogP contribution in [0.2, 0.25) is 0 Å². The van der Waals surface area contributed by atoms with E-state index in [0.717, 1.165) is 23.6 Å². The summed E-state index contributed by atoms with van der Waals surface area (Å²) in [5, 5.41) is 2.84. The summed E-state index contributed by atoms with van der Waals surface area (Å²) in [7, 11) is 0. The van der Waals surface area contributed by atoms with Crippen molar-refractivity contribution >= 4 is 11.6 Å². The van der Waals surface area contributed by atoms with E-state index in [-0.39, 0.29) is 5.91 Å². The van der Waals surface area contributed by atoms with E-state index < -0.39 is 0 Å². The minimum absolute atomic E-state index is 0.0410. The van der Waals surface area contributed by atoms with Crippen molar-refractivity contribution in [2.24, 2.45) is 0 Å². The molecule has 1 N–H and O–H groups in total. The number of carbonyl (C=O) groups excluding carboxylic acids is 1. The third kappa shape index (κ3) is 4.14. The number of hydrogen-bond donors (Lipinski definition) is 1. The minimum atomic E-state index is 0.0410. The van der Waals surface area contributed by atoms with Crippen LogP contribution < -0.4 is 10.1 Å². The van der Waals surface area contributed by atoms with Crippen molar-refractivity contribution in [3.8, 4) is 11.5 Å². The number of hydrogen-bond acceptors (Lipinski definition) is 2. The molecule has 3 nitrogen and oxygen atoms in total. The molecule has 3 heteroatoms. The van der Waals surface area contributed by atoms with Crippen LogP contribution in [0, 0.1) is 0 Å². The van der Waals surface area contributed by atoms with E-state index in [0.29, 0.717) is 6.42 Å². The van der Waals surface area contributed by atoms with Gasteiger partial charge in [-0.05, 0) is 42.8 Å². The molecule has 2 aromatic rings. The number of rotatable bonds is 5. The first-order valence-corrected chi connectivity index (χ1v) is 6.41. The molecule has 2 aromatic carbocycles. The van der Waals surface area contributed by atoms with Crippen LogP contribution in [-0.2, 0) is 4.79 Å². The molecule has 0 fully saturated rings. The molecule has 0 bridgehead atoms. The molecule has 19 heavy (non-hydrogen) atoms. The second-order valence-electron chi connectivity index (χ2n) is 4.24. The summed E-state index contributed by atoms with van der Waals surface area (Å²) in [5.74, 6) is 1.59. The lowest BCUT2D eigenvalue weighted by Crippen LogP contribution is -2.10.